The Morgan fingerprint density at radius 3 is 2.37 bits per heavy atom. The molecule has 2 aromatic rings. The first-order chi connectivity index (χ1) is 14.5. The third-order valence-electron chi connectivity index (χ3n) is 5.27. The highest BCUT2D eigenvalue weighted by molar-refractivity contribution is 5.83. The van der Waals surface area contributed by atoms with E-state index in [1.165, 1.54) is 6.92 Å². The van der Waals surface area contributed by atoms with E-state index in [2.05, 4.69) is 4.90 Å². The van der Waals surface area contributed by atoms with Crippen molar-refractivity contribution in [3.05, 3.63) is 59.5 Å². The Morgan fingerprint density at radius 2 is 1.73 bits per heavy atom. The lowest BCUT2D eigenvalue weighted by Gasteiger charge is -2.30. The van der Waals surface area contributed by atoms with Gasteiger partial charge in [0.1, 0.15) is 11.5 Å². The predicted molar refractivity (Wildman–Crippen MR) is 114 cm³/mol. The summed E-state index contributed by atoms with van der Waals surface area (Å²) in [5.74, 6) is 1.36. The number of benzene rings is 1. The smallest absolute Gasteiger partial charge is 0.242 e. The summed E-state index contributed by atoms with van der Waals surface area (Å²) in [5.41, 5.74) is 1.04. The summed E-state index contributed by atoms with van der Waals surface area (Å²) in [6, 6.07) is 13.6. The summed E-state index contributed by atoms with van der Waals surface area (Å²) >= 11 is 0. The molecule has 0 radical (unpaired) electrons. The van der Waals surface area contributed by atoms with Gasteiger partial charge in [0.25, 0.3) is 0 Å². The first-order valence-corrected chi connectivity index (χ1v) is 10.4. The Labute approximate surface area is 178 Å². The highest BCUT2D eigenvalue weighted by atomic mass is 16.5. The Hall–Kier alpha value is -2.64. The predicted octanol–water partition coefficient (Wildman–Crippen LogP) is 2.30. The van der Waals surface area contributed by atoms with Crippen molar-refractivity contribution in [3.8, 4) is 0 Å². The lowest BCUT2D eigenvalue weighted by molar-refractivity contribution is -0.140. The second-order valence-corrected chi connectivity index (χ2v) is 7.64. The molecule has 7 heteroatoms. The van der Waals surface area contributed by atoms with Gasteiger partial charge in [-0.2, -0.15) is 0 Å². The quantitative estimate of drug-likeness (QED) is 0.631. The van der Waals surface area contributed by atoms with Crippen molar-refractivity contribution in [3.63, 3.8) is 0 Å². The SMILES string of the molecule is CC(=O)N(CCN1CCOCC1)CC(=O)N(Cc1ccccc1)Cc1ccc(C)o1. The summed E-state index contributed by atoms with van der Waals surface area (Å²) in [6.07, 6.45) is 0. The highest BCUT2D eigenvalue weighted by Gasteiger charge is 2.22. The van der Waals surface area contributed by atoms with Gasteiger partial charge in [0.2, 0.25) is 11.8 Å². The number of ether oxygens (including phenoxy) is 1. The first-order valence-electron chi connectivity index (χ1n) is 10.4. The summed E-state index contributed by atoms with van der Waals surface area (Å²) in [6.45, 7) is 8.72. The van der Waals surface area contributed by atoms with Gasteiger partial charge < -0.3 is 19.0 Å². The lowest BCUT2D eigenvalue weighted by atomic mass is 10.2. The van der Waals surface area contributed by atoms with Crippen molar-refractivity contribution in [2.24, 2.45) is 0 Å². The fourth-order valence-electron chi connectivity index (χ4n) is 3.49. The number of amides is 2. The van der Waals surface area contributed by atoms with Crippen molar-refractivity contribution < 1.29 is 18.7 Å². The number of carbonyl (C=O) groups excluding carboxylic acids is 2. The minimum Gasteiger partial charge on any atom is -0.464 e. The molecular weight excluding hydrogens is 382 g/mol. The monoisotopic (exact) mass is 413 g/mol. The van der Waals surface area contributed by atoms with E-state index in [1.807, 2.05) is 49.4 Å². The first kappa shape index (κ1) is 22.1. The molecule has 1 saturated heterocycles. The van der Waals surface area contributed by atoms with Crippen molar-refractivity contribution in [1.82, 2.24) is 14.7 Å². The van der Waals surface area contributed by atoms with Gasteiger partial charge in [0, 0.05) is 39.6 Å². The molecule has 1 aliphatic rings. The molecule has 1 aliphatic heterocycles. The Balaban J connectivity index is 1.65. The highest BCUT2D eigenvalue weighted by Crippen LogP contribution is 2.14. The van der Waals surface area contributed by atoms with E-state index in [-0.39, 0.29) is 18.4 Å². The number of carbonyl (C=O) groups is 2. The average molecular weight is 414 g/mol. The van der Waals surface area contributed by atoms with Crippen molar-refractivity contribution in [2.45, 2.75) is 26.9 Å². The summed E-state index contributed by atoms with van der Waals surface area (Å²) in [5, 5.41) is 0. The molecule has 0 aliphatic carbocycles. The maximum absolute atomic E-state index is 13.2. The van der Waals surface area contributed by atoms with Crippen LogP contribution < -0.4 is 0 Å². The lowest BCUT2D eigenvalue weighted by Crippen LogP contribution is -2.46. The zero-order valence-electron chi connectivity index (χ0n) is 17.9. The molecule has 0 bridgehead atoms. The standard InChI is InChI=1S/C23H31N3O4/c1-19-8-9-22(30-19)17-26(16-21-6-4-3-5-7-21)23(28)18-25(20(2)27)11-10-24-12-14-29-15-13-24/h3-9H,10-18H2,1-2H3. The number of furan rings is 1. The van der Waals surface area contributed by atoms with E-state index in [0.717, 1.165) is 36.7 Å². The van der Waals surface area contributed by atoms with E-state index in [4.69, 9.17) is 9.15 Å². The largest absolute Gasteiger partial charge is 0.464 e. The topological polar surface area (TPSA) is 66.2 Å². The molecule has 0 spiro atoms. The molecule has 1 aromatic carbocycles. The molecule has 0 saturated carbocycles. The van der Waals surface area contributed by atoms with Gasteiger partial charge in [0.05, 0.1) is 26.3 Å². The molecule has 1 fully saturated rings. The number of aryl methyl sites for hydroxylation is 1. The van der Waals surface area contributed by atoms with E-state index in [9.17, 15) is 9.59 Å². The number of rotatable bonds is 9. The van der Waals surface area contributed by atoms with Crippen LogP contribution in [0.15, 0.2) is 46.9 Å². The van der Waals surface area contributed by atoms with Crippen LogP contribution in [0.3, 0.4) is 0 Å². The van der Waals surface area contributed by atoms with Crippen LogP contribution in [0.4, 0.5) is 0 Å². The molecule has 162 valence electrons. The second-order valence-electron chi connectivity index (χ2n) is 7.64. The second kappa shape index (κ2) is 10.9. The summed E-state index contributed by atoms with van der Waals surface area (Å²) in [4.78, 5) is 31.0. The number of morpholine rings is 1. The Kier molecular flexibility index (Phi) is 8.04. The fourth-order valence-corrected chi connectivity index (χ4v) is 3.49. The summed E-state index contributed by atoms with van der Waals surface area (Å²) < 4.78 is 11.1. The van der Waals surface area contributed by atoms with Crippen LogP contribution in [0.5, 0.6) is 0 Å². The molecule has 0 N–H and O–H groups in total. The minimum atomic E-state index is -0.0925. The molecular formula is C23H31N3O4. The average Bonchev–Trinajstić information content (AvgIpc) is 3.16. The van der Waals surface area contributed by atoms with E-state index >= 15 is 0 Å². The molecule has 2 amide bonds. The fraction of sp³-hybridized carbons (Fsp3) is 0.478. The van der Waals surface area contributed by atoms with Crippen LogP contribution in [-0.4, -0.2) is 72.5 Å². The van der Waals surface area contributed by atoms with Gasteiger partial charge in [-0.3, -0.25) is 14.5 Å². The van der Waals surface area contributed by atoms with E-state index in [1.54, 1.807) is 9.80 Å². The van der Waals surface area contributed by atoms with Crippen LogP contribution in [0.1, 0.15) is 24.0 Å². The van der Waals surface area contributed by atoms with Gasteiger partial charge in [-0.05, 0) is 24.6 Å². The van der Waals surface area contributed by atoms with Gasteiger partial charge in [-0.15, -0.1) is 0 Å². The molecule has 0 atom stereocenters. The van der Waals surface area contributed by atoms with Crippen LogP contribution in [0.25, 0.3) is 0 Å². The van der Waals surface area contributed by atoms with Crippen LogP contribution in [0.2, 0.25) is 0 Å². The van der Waals surface area contributed by atoms with Gasteiger partial charge in [-0.1, -0.05) is 30.3 Å². The van der Waals surface area contributed by atoms with Crippen LogP contribution >= 0.6 is 0 Å². The third kappa shape index (κ3) is 6.71. The molecule has 30 heavy (non-hydrogen) atoms. The van der Waals surface area contributed by atoms with E-state index < -0.39 is 0 Å². The maximum Gasteiger partial charge on any atom is 0.242 e. The molecule has 3 rings (SSSR count). The number of hydrogen-bond acceptors (Lipinski definition) is 5. The van der Waals surface area contributed by atoms with Crippen molar-refractivity contribution in [2.75, 3.05) is 45.9 Å². The normalized spacial score (nSPS) is 14.5. The zero-order chi connectivity index (χ0) is 21.3. The van der Waals surface area contributed by atoms with Gasteiger partial charge in [-0.25, -0.2) is 0 Å². The van der Waals surface area contributed by atoms with Gasteiger partial charge >= 0.3 is 0 Å². The maximum atomic E-state index is 13.2. The van der Waals surface area contributed by atoms with Crippen LogP contribution in [0, 0.1) is 6.92 Å². The molecule has 0 unspecified atom stereocenters. The van der Waals surface area contributed by atoms with Gasteiger partial charge in [0.15, 0.2) is 0 Å². The van der Waals surface area contributed by atoms with Crippen LogP contribution in [-0.2, 0) is 27.4 Å². The molecule has 1 aromatic heterocycles. The summed E-state index contributed by atoms with van der Waals surface area (Å²) in [7, 11) is 0. The van der Waals surface area contributed by atoms with Crippen molar-refractivity contribution >= 4 is 11.8 Å². The van der Waals surface area contributed by atoms with E-state index in [0.29, 0.717) is 32.8 Å². The molecule has 7 nitrogen and oxygen atoms in total. The molecule has 2 heterocycles. The number of nitrogens with zero attached hydrogens (tertiary/aromatic N) is 3. The number of hydrogen-bond donors (Lipinski definition) is 0. The Bertz CT molecular complexity index is 815. The minimum absolute atomic E-state index is 0.0617. The Morgan fingerprint density at radius 1 is 1.00 bits per heavy atom. The third-order valence-corrected chi connectivity index (χ3v) is 5.27. The van der Waals surface area contributed by atoms with Crippen molar-refractivity contribution in [1.29, 1.82) is 0 Å². The zero-order valence-corrected chi connectivity index (χ0v) is 17.9.